The summed E-state index contributed by atoms with van der Waals surface area (Å²) in [5.74, 6) is 0.814. The number of benzene rings is 2. The highest BCUT2D eigenvalue weighted by Crippen LogP contribution is 2.32. The number of aromatic nitrogens is 1. The lowest BCUT2D eigenvalue weighted by Crippen LogP contribution is -2.42. The molecule has 6 heteroatoms. The molecule has 0 spiro atoms. The fourth-order valence-electron chi connectivity index (χ4n) is 5.27. The quantitative estimate of drug-likeness (QED) is 0.617. The van der Waals surface area contributed by atoms with Gasteiger partial charge in [-0.15, -0.1) is 0 Å². The molecule has 5 rings (SSSR count). The summed E-state index contributed by atoms with van der Waals surface area (Å²) in [7, 11) is -3.71. The third-order valence-corrected chi connectivity index (χ3v) is 8.15. The fraction of sp³-hybridized carbons (Fsp3) is 0.440. The van der Waals surface area contributed by atoms with Crippen molar-refractivity contribution in [1.29, 1.82) is 0 Å². The standard InChI is InChI=1S/C25H30N2O3S/c1-18-6-9-21(10-7-18)31(28,29)30-17-20-14-19-8-11-25-23(12-13-27(15-19)16-20)22-4-2-3-5-24(22)26-25/h2-7,9-10,19-20,26H,8,11-17H2,1H3/t19-,20+/m0/s1. The molecule has 1 saturated heterocycles. The van der Waals surface area contributed by atoms with Gasteiger partial charge in [0.15, 0.2) is 0 Å². The Bertz CT molecular complexity index is 1170. The van der Waals surface area contributed by atoms with Crippen molar-refractivity contribution in [2.75, 3.05) is 26.2 Å². The van der Waals surface area contributed by atoms with Crippen LogP contribution in [0.2, 0.25) is 0 Å². The van der Waals surface area contributed by atoms with Crippen LogP contribution in [-0.2, 0) is 27.1 Å². The van der Waals surface area contributed by atoms with Crippen LogP contribution in [-0.4, -0.2) is 44.5 Å². The van der Waals surface area contributed by atoms with Crippen LogP contribution in [0.5, 0.6) is 0 Å². The van der Waals surface area contributed by atoms with Gasteiger partial charge >= 0.3 is 0 Å². The number of rotatable bonds is 4. The first-order chi connectivity index (χ1) is 15.0. The van der Waals surface area contributed by atoms with Gasteiger partial charge in [-0.25, -0.2) is 0 Å². The molecule has 1 aromatic heterocycles. The normalized spacial score (nSPS) is 24.2. The van der Waals surface area contributed by atoms with E-state index in [2.05, 4.69) is 34.1 Å². The highest BCUT2D eigenvalue weighted by molar-refractivity contribution is 7.86. The van der Waals surface area contributed by atoms with E-state index in [1.54, 1.807) is 12.1 Å². The Hall–Kier alpha value is -2.15. The smallest absolute Gasteiger partial charge is 0.296 e. The predicted octanol–water partition coefficient (Wildman–Crippen LogP) is 4.31. The summed E-state index contributed by atoms with van der Waals surface area (Å²) in [5.41, 5.74) is 5.11. The number of hydrogen-bond acceptors (Lipinski definition) is 4. The molecule has 2 aliphatic heterocycles. The van der Waals surface area contributed by atoms with Gasteiger partial charge in [-0.2, -0.15) is 8.42 Å². The minimum Gasteiger partial charge on any atom is -0.358 e. The largest absolute Gasteiger partial charge is 0.358 e. The summed E-state index contributed by atoms with van der Waals surface area (Å²) in [6.45, 7) is 5.21. The van der Waals surface area contributed by atoms with Crippen molar-refractivity contribution in [2.45, 2.75) is 37.5 Å². The number of hydrogen-bond donors (Lipinski definition) is 1. The van der Waals surface area contributed by atoms with Crippen molar-refractivity contribution in [3.8, 4) is 0 Å². The Morgan fingerprint density at radius 1 is 1.06 bits per heavy atom. The lowest BCUT2D eigenvalue weighted by Gasteiger charge is -2.37. The van der Waals surface area contributed by atoms with Gasteiger partial charge in [-0.05, 0) is 68.2 Å². The summed E-state index contributed by atoms with van der Waals surface area (Å²) in [5, 5.41) is 1.35. The number of para-hydroxylation sites is 1. The number of fused-ring (bicyclic) bond motifs is 5. The summed E-state index contributed by atoms with van der Waals surface area (Å²) < 4.78 is 30.7. The summed E-state index contributed by atoms with van der Waals surface area (Å²) in [4.78, 5) is 6.40. The Kier molecular flexibility index (Phi) is 5.63. The van der Waals surface area contributed by atoms with E-state index in [1.165, 1.54) is 22.2 Å². The molecular formula is C25H30N2O3S. The van der Waals surface area contributed by atoms with Crippen LogP contribution in [0.4, 0.5) is 0 Å². The lowest BCUT2D eigenvalue weighted by atomic mass is 9.86. The van der Waals surface area contributed by atoms with E-state index in [9.17, 15) is 8.42 Å². The van der Waals surface area contributed by atoms with E-state index >= 15 is 0 Å². The Balaban J connectivity index is 1.27. The average Bonchev–Trinajstić information content (AvgIpc) is 3.14. The second kappa shape index (κ2) is 8.41. The highest BCUT2D eigenvalue weighted by Gasteiger charge is 2.30. The summed E-state index contributed by atoms with van der Waals surface area (Å²) in [6, 6.07) is 15.5. The van der Waals surface area contributed by atoms with Crippen molar-refractivity contribution in [2.24, 2.45) is 11.8 Å². The Labute approximate surface area is 184 Å². The van der Waals surface area contributed by atoms with Crippen molar-refractivity contribution in [3.05, 3.63) is 65.4 Å². The van der Waals surface area contributed by atoms with Gasteiger partial charge in [-0.1, -0.05) is 35.9 Å². The summed E-state index contributed by atoms with van der Waals surface area (Å²) >= 11 is 0. The third-order valence-electron chi connectivity index (χ3n) is 6.85. The molecular weight excluding hydrogens is 408 g/mol. The molecule has 3 heterocycles. The van der Waals surface area contributed by atoms with Crippen molar-refractivity contribution in [1.82, 2.24) is 9.88 Å². The second-order valence-corrected chi connectivity index (χ2v) is 10.8. The molecule has 1 N–H and O–H groups in total. The molecule has 3 atom stereocenters. The van der Waals surface area contributed by atoms with Gasteiger partial charge in [0, 0.05) is 36.2 Å². The molecule has 0 radical (unpaired) electrons. The molecule has 1 unspecified atom stereocenters. The van der Waals surface area contributed by atoms with Crippen molar-refractivity contribution >= 4 is 21.0 Å². The second-order valence-electron chi connectivity index (χ2n) is 9.20. The number of piperidine rings is 1. The minimum absolute atomic E-state index is 0.241. The molecule has 0 amide bonds. The van der Waals surface area contributed by atoms with Crippen LogP contribution in [0.15, 0.2) is 53.4 Å². The lowest BCUT2D eigenvalue weighted by molar-refractivity contribution is 0.0924. The highest BCUT2D eigenvalue weighted by atomic mass is 32.2. The predicted molar refractivity (Wildman–Crippen MR) is 123 cm³/mol. The molecule has 0 aliphatic carbocycles. The number of aryl methyl sites for hydroxylation is 2. The van der Waals surface area contributed by atoms with Crippen LogP contribution < -0.4 is 0 Å². The van der Waals surface area contributed by atoms with Crippen LogP contribution in [0.1, 0.15) is 29.7 Å². The number of aromatic amines is 1. The van der Waals surface area contributed by atoms with Gasteiger partial charge in [-0.3, -0.25) is 4.18 Å². The number of nitrogens with one attached hydrogen (secondary N) is 1. The first-order valence-corrected chi connectivity index (χ1v) is 12.7. The summed E-state index contributed by atoms with van der Waals surface area (Å²) in [6.07, 6.45) is 4.23. The zero-order valence-electron chi connectivity index (χ0n) is 18.0. The fourth-order valence-corrected chi connectivity index (χ4v) is 6.25. The first kappa shape index (κ1) is 20.7. The third kappa shape index (κ3) is 4.43. The zero-order chi connectivity index (χ0) is 21.4. The average molecular weight is 439 g/mol. The van der Waals surface area contributed by atoms with Crippen LogP contribution in [0.25, 0.3) is 10.9 Å². The Morgan fingerprint density at radius 3 is 2.71 bits per heavy atom. The molecule has 1 fully saturated rings. The van der Waals surface area contributed by atoms with Gasteiger partial charge in [0.25, 0.3) is 10.1 Å². The molecule has 0 saturated carbocycles. The molecule has 31 heavy (non-hydrogen) atoms. The van der Waals surface area contributed by atoms with Crippen molar-refractivity contribution in [3.63, 3.8) is 0 Å². The SMILES string of the molecule is Cc1ccc(S(=O)(=O)OC[C@@H]2C[C@@H]3CCc4[nH]c5ccccc5c4CCN(C2)C3)cc1. The van der Waals surface area contributed by atoms with E-state index in [1.807, 2.05) is 19.1 Å². The van der Waals surface area contributed by atoms with Crippen LogP contribution >= 0.6 is 0 Å². The molecule has 164 valence electrons. The van der Waals surface area contributed by atoms with E-state index < -0.39 is 10.1 Å². The van der Waals surface area contributed by atoms with Gasteiger partial charge in [0.1, 0.15) is 0 Å². The van der Waals surface area contributed by atoms with Gasteiger partial charge < -0.3 is 9.88 Å². The Morgan fingerprint density at radius 2 is 1.87 bits per heavy atom. The van der Waals surface area contributed by atoms with E-state index in [0.717, 1.165) is 50.9 Å². The maximum atomic E-state index is 12.6. The van der Waals surface area contributed by atoms with E-state index in [-0.39, 0.29) is 17.4 Å². The molecule has 2 aromatic carbocycles. The zero-order valence-corrected chi connectivity index (χ0v) is 18.8. The number of H-pyrrole nitrogens is 1. The topological polar surface area (TPSA) is 62.4 Å². The monoisotopic (exact) mass is 438 g/mol. The van der Waals surface area contributed by atoms with Crippen LogP contribution in [0.3, 0.4) is 0 Å². The van der Waals surface area contributed by atoms with Crippen molar-refractivity contribution < 1.29 is 12.6 Å². The first-order valence-electron chi connectivity index (χ1n) is 11.2. The molecule has 3 aromatic rings. The molecule has 2 aliphatic rings. The maximum Gasteiger partial charge on any atom is 0.296 e. The minimum atomic E-state index is -3.71. The maximum absolute atomic E-state index is 12.6. The van der Waals surface area contributed by atoms with Crippen LogP contribution in [0, 0.1) is 18.8 Å². The molecule has 2 bridgehead atoms. The van der Waals surface area contributed by atoms with Gasteiger partial charge in [0.2, 0.25) is 0 Å². The number of nitrogens with zero attached hydrogens (tertiary/aromatic N) is 1. The van der Waals surface area contributed by atoms with Gasteiger partial charge in [0.05, 0.1) is 11.5 Å². The van der Waals surface area contributed by atoms with E-state index in [0.29, 0.717) is 5.92 Å². The molecule has 5 nitrogen and oxygen atoms in total. The van der Waals surface area contributed by atoms with E-state index in [4.69, 9.17) is 4.18 Å².